The molecule has 7 nitrogen and oxygen atoms in total. The summed E-state index contributed by atoms with van der Waals surface area (Å²) in [6.07, 6.45) is 9.40. The lowest BCUT2D eigenvalue weighted by atomic mass is 9.92. The maximum atomic E-state index is 10.8. The molecule has 0 saturated heterocycles. The number of nitrogens with one attached hydrogen (secondary N) is 1. The van der Waals surface area contributed by atoms with Gasteiger partial charge < -0.3 is 10.3 Å². The van der Waals surface area contributed by atoms with Crippen LogP contribution < -0.4 is 11.2 Å². The third-order valence-electron chi connectivity index (χ3n) is 3.79. The summed E-state index contributed by atoms with van der Waals surface area (Å²) in [6.45, 7) is 0. The summed E-state index contributed by atoms with van der Waals surface area (Å²) in [6, 6.07) is 1.30. The lowest BCUT2D eigenvalue weighted by Gasteiger charge is -2.18. The third-order valence-corrected chi connectivity index (χ3v) is 3.79. The number of carbonyl (C=O) groups is 1. The summed E-state index contributed by atoms with van der Waals surface area (Å²) < 4.78 is 1.93. The first kappa shape index (κ1) is 14.2. The van der Waals surface area contributed by atoms with Crippen LogP contribution in [0.3, 0.4) is 0 Å². The average molecular weight is 298 g/mol. The van der Waals surface area contributed by atoms with Gasteiger partial charge in [0.25, 0.3) is 0 Å². The molecule has 22 heavy (non-hydrogen) atoms. The van der Waals surface area contributed by atoms with Crippen molar-refractivity contribution < 1.29 is 4.79 Å². The van der Waals surface area contributed by atoms with Gasteiger partial charge in [-0.1, -0.05) is 0 Å². The van der Waals surface area contributed by atoms with Crippen LogP contribution in [0.2, 0.25) is 0 Å². The number of imidazole rings is 1. The largest absolute Gasteiger partial charge is 0.350 e. The van der Waals surface area contributed by atoms with E-state index in [4.69, 9.17) is 10.7 Å². The first-order valence-corrected chi connectivity index (χ1v) is 7.23. The number of nitrogens with two attached hydrogens (primary N) is 1. The Morgan fingerprint density at radius 3 is 3.00 bits per heavy atom. The fourth-order valence-corrected chi connectivity index (χ4v) is 2.75. The van der Waals surface area contributed by atoms with E-state index in [1.165, 1.54) is 5.56 Å². The van der Waals surface area contributed by atoms with Crippen molar-refractivity contribution in [3.8, 4) is 11.4 Å². The van der Waals surface area contributed by atoms with Gasteiger partial charge in [0.2, 0.25) is 0 Å². The van der Waals surface area contributed by atoms with Gasteiger partial charge in [-0.3, -0.25) is 4.98 Å². The molecule has 0 unspecified atom stereocenters. The minimum absolute atomic E-state index is 0.675. The van der Waals surface area contributed by atoms with E-state index in [1.807, 2.05) is 17.7 Å². The molecule has 0 spiro atoms. The van der Waals surface area contributed by atoms with Gasteiger partial charge in [-0.2, -0.15) is 5.10 Å². The topological polar surface area (TPSA) is 98.2 Å². The molecule has 0 radical (unpaired) electrons. The number of aromatic nitrogens is 3. The number of nitrogens with zero attached hydrogens (tertiary/aromatic N) is 4. The number of pyridine rings is 1. The highest BCUT2D eigenvalue weighted by Gasteiger charge is 2.17. The highest BCUT2D eigenvalue weighted by molar-refractivity contribution is 5.85. The number of amides is 2. The number of urea groups is 1. The van der Waals surface area contributed by atoms with Crippen LogP contribution in [0.5, 0.6) is 0 Å². The lowest BCUT2D eigenvalue weighted by Crippen LogP contribution is -2.24. The average Bonchev–Trinajstić information content (AvgIpc) is 2.93. The summed E-state index contributed by atoms with van der Waals surface area (Å²) in [5, 5.41) is 3.89. The minimum Gasteiger partial charge on any atom is -0.350 e. The van der Waals surface area contributed by atoms with Crippen LogP contribution >= 0.6 is 0 Å². The smallest absolute Gasteiger partial charge is 0.332 e. The van der Waals surface area contributed by atoms with E-state index in [2.05, 4.69) is 15.5 Å². The molecule has 0 fully saturated rings. The number of hydrogen-bond acceptors (Lipinski definition) is 4. The van der Waals surface area contributed by atoms with Crippen molar-refractivity contribution in [2.24, 2.45) is 17.9 Å². The third kappa shape index (κ3) is 2.83. The standard InChI is InChI=1S/C15H18N6O/c1-21-9-17-8-14(21)13-6-10(7-18-20-15(16)22)11-4-2-3-5-12(11)19-13/h6-9H,2-5H2,1H3,(H3,16,20,22). The first-order chi connectivity index (χ1) is 10.6. The Morgan fingerprint density at radius 2 is 2.27 bits per heavy atom. The van der Waals surface area contributed by atoms with Gasteiger partial charge >= 0.3 is 6.03 Å². The Bertz CT molecular complexity index is 734. The van der Waals surface area contributed by atoms with Crippen molar-refractivity contribution in [3.05, 3.63) is 35.4 Å². The normalized spacial score (nSPS) is 14.0. The monoisotopic (exact) mass is 298 g/mol. The van der Waals surface area contributed by atoms with Crippen molar-refractivity contribution in [2.75, 3.05) is 0 Å². The van der Waals surface area contributed by atoms with Crippen LogP contribution in [0.25, 0.3) is 11.4 Å². The molecule has 2 heterocycles. The zero-order valence-electron chi connectivity index (χ0n) is 12.4. The van der Waals surface area contributed by atoms with Crippen molar-refractivity contribution in [1.82, 2.24) is 20.0 Å². The van der Waals surface area contributed by atoms with E-state index in [-0.39, 0.29) is 0 Å². The van der Waals surface area contributed by atoms with Gasteiger partial charge in [0, 0.05) is 18.3 Å². The number of rotatable bonds is 3. The Balaban J connectivity index is 2.04. The molecule has 1 aliphatic carbocycles. The van der Waals surface area contributed by atoms with E-state index in [9.17, 15) is 4.79 Å². The van der Waals surface area contributed by atoms with Crippen molar-refractivity contribution in [1.29, 1.82) is 0 Å². The highest BCUT2D eigenvalue weighted by atomic mass is 16.2. The molecule has 2 aromatic heterocycles. The fraction of sp³-hybridized carbons (Fsp3) is 0.333. The summed E-state index contributed by atoms with van der Waals surface area (Å²) in [4.78, 5) is 19.7. The predicted octanol–water partition coefficient (Wildman–Crippen LogP) is 1.36. The maximum absolute atomic E-state index is 10.8. The Morgan fingerprint density at radius 1 is 1.45 bits per heavy atom. The molecule has 0 aliphatic heterocycles. The molecule has 7 heteroatoms. The summed E-state index contributed by atoms with van der Waals surface area (Å²) >= 11 is 0. The molecule has 2 amide bonds. The van der Waals surface area contributed by atoms with E-state index in [0.29, 0.717) is 0 Å². The van der Waals surface area contributed by atoms with Gasteiger partial charge in [0.05, 0.1) is 30.1 Å². The molecule has 0 aromatic carbocycles. The zero-order valence-corrected chi connectivity index (χ0v) is 12.4. The van der Waals surface area contributed by atoms with Gasteiger partial charge in [-0.25, -0.2) is 15.2 Å². The van der Waals surface area contributed by atoms with Gasteiger partial charge in [-0.05, 0) is 37.3 Å². The van der Waals surface area contributed by atoms with Gasteiger partial charge in [-0.15, -0.1) is 0 Å². The minimum atomic E-state index is -0.675. The molecule has 3 rings (SSSR count). The Hall–Kier alpha value is -2.70. The molecule has 2 aromatic rings. The van der Waals surface area contributed by atoms with E-state index in [0.717, 1.165) is 48.3 Å². The lowest BCUT2D eigenvalue weighted by molar-refractivity contribution is 0.249. The van der Waals surface area contributed by atoms with Crippen LogP contribution in [-0.2, 0) is 19.9 Å². The number of fused-ring (bicyclic) bond motifs is 1. The number of carbonyl (C=O) groups excluding carboxylic acids is 1. The highest BCUT2D eigenvalue weighted by Crippen LogP contribution is 2.26. The van der Waals surface area contributed by atoms with Crippen LogP contribution in [-0.4, -0.2) is 26.8 Å². The molecule has 3 N–H and O–H groups in total. The van der Waals surface area contributed by atoms with E-state index >= 15 is 0 Å². The van der Waals surface area contributed by atoms with Gasteiger partial charge in [0.1, 0.15) is 0 Å². The fourth-order valence-electron chi connectivity index (χ4n) is 2.75. The van der Waals surface area contributed by atoms with Crippen LogP contribution in [0.1, 0.15) is 29.7 Å². The van der Waals surface area contributed by atoms with E-state index < -0.39 is 6.03 Å². The van der Waals surface area contributed by atoms with Crippen LogP contribution in [0, 0.1) is 0 Å². The van der Waals surface area contributed by atoms with Crippen LogP contribution in [0.4, 0.5) is 4.79 Å². The zero-order chi connectivity index (χ0) is 15.5. The number of primary amides is 1. The molecule has 0 bridgehead atoms. The van der Waals surface area contributed by atoms with Gasteiger partial charge in [0.15, 0.2) is 0 Å². The van der Waals surface area contributed by atoms with Crippen molar-refractivity contribution in [3.63, 3.8) is 0 Å². The second-order valence-electron chi connectivity index (χ2n) is 5.35. The second-order valence-corrected chi connectivity index (χ2v) is 5.35. The number of hydrazone groups is 1. The number of hydrogen-bond donors (Lipinski definition) is 2. The SMILES string of the molecule is Cn1cncc1-c1cc(C=NNC(N)=O)c2c(n1)CCCC2. The summed E-state index contributed by atoms with van der Waals surface area (Å²) in [5.74, 6) is 0. The molecule has 0 saturated carbocycles. The Labute approximate surface area is 128 Å². The Kier molecular flexibility index (Phi) is 3.86. The summed E-state index contributed by atoms with van der Waals surface area (Å²) in [7, 11) is 1.94. The second kappa shape index (κ2) is 5.97. The quantitative estimate of drug-likeness (QED) is 0.661. The summed E-state index contributed by atoms with van der Waals surface area (Å²) in [5.41, 5.74) is 12.4. The molecular formula is C15H18N6O. The molecule has 0 atom stereocenters. The van der Waals surface area contributed by atoms with E-state index in [1.54, 1.807) is 18.7 Å². The molecule has 1 aliphatic rings. The number of aryl methyl sites for hydroxylation is 2. The van der Waals surface area contributed by atoms with Crippen LogP contribution in [0.15, 0.2) is 23.7 Å². The molecular weight excluding hydrogens is 280 g/mol. The maximum Gasteiger partial charge on any atom is 0.332 e. The van der Waals surface area contributed by atoms with Crippen molar-refractivity contribution in [2.45, 2.75) is 25.7 Å². The predicted molar refractivity (Wildman–Crippen MR) is 83.4 cm³/mol. The van der Waals surface area contributed by atoms with Crippen molar-refractivity contribution >= 4 is 12.2 Å². The molecule has 114 valence electrons. The first-order valence-electron chi connectivity index (χ1n) is 7.23.